The van der Waals surface area contributed by atoms with E-state index in [0.29, 0.717) is 0 Å². The molecule has 5 rings (SSSR count). The smallest absolute Gasteiger partial charge is 0.123 e. The summed E-state index contributed by atoms with van der Waals surface area (Å²) in [7, 11) is -2.20. The van der Waals surface area contributed by atoms with Gasteiger partial charge in [-0.1, -0.05) is 45.4 Å². The Labute approximate surface area is 202 Å². The Morgan fingerprint density at radius 2 is 1.53 bits per heavy atom. The SMILES string of the molecule is CCn1c2ccccc2c2cc([P@](=Nc3ccc(F)cc3)(N3CCCCC3)C(C)(C)C)ccc21. The fraction of sp³-hybridized carbons (Fsp3) is 0.379. The first-order chi connectivity index (χ1) is 16.3. The largest absolute Gasteiger partial charge is 0.341 e. The maximum absolute atomic E-state index is 13.7. The molecule has 2 heterocycles. The van der Waals surface area contributed by atoms with Crippen molar-refractivity contribution in [1.82, 2.24) is 9.24 Å². The van der Waals surface area contributed by atoms with Crippen molar-refractivity contribution in [1.29, 1.82) is 0 Å². The molecule has 0 saturated carbocycles. The summed E-state index contributed by atoms with van der Waals surface area (Å²) < 4.78 is 24.4. The van der Waals surface area contributed by atoms with E-state index in [1.807, 2.05) is 12.1 Å². The minimum absolute atomic E-state index is 0.0739. The third-order valence-electron chi connectivity index (χ3n) is 7.20. The van der Waals surface area contributed by atoms with Crippen LogP contribution in [0.3, 0.4) is 0 Å². The fourth-order valence-corrected chi connectivity index (χ4v) is 10.1. The molecule has 3 aromatic carbocycles. The van der Waals surface area contributed by atoms with Crippen molar-refractivity contribution in [3.05, 3.63) is 72.5 Å². The van der Waals surface area contributed by atoms with E-state index in [1.165, 1.54) is 58.5 Å². The highest BCUT2D eigenvalue weighted by atomic mass is 31.2. The zero-order chi connectivity index (χ0) is 23.9. The first-order valence-corrected chi connectivity index (χ1v) is 14.2. The predicted molar refractivity (Wildman–Crippen MR) is 145 cm³/mol. The summed E-state index contributed by atoms with van der Waals surface area (Å²) in [6, 6.07) is 22.5. The highest BCUT2D eigenvalue weighted by Gasteiger charge is 2.41. The maximum atomic E-state index is 13.7. The zero-order valence-electron chi connectivity index (χ0n) is 20.8. The minimum atomic E-state index is -2.20. The lowest BCUT2D eigenvalue weighted by Gasteiger charge is -2.47. The van der Waals surface area contributed by atoms with Crippen molar-refractivity contribution >= 4 is 40.0 Å². The van der Waals surface area contributed by atoms with Crippen molar-refractivity contribution < 1.29 is 4.39 Å². The number of aryl methyl sites for hydroxylation is 1. The third-order valence-corrected chi connectivity index (χ3v) is 11.8. The van der Waals surface area contributed by atoms with Crippen LogP contribution in [-0.4, -0.2) is 27.5 Å². The van der Waals surface area contributed by atoms with Crippen LogP contribution < -0.4 is 5.30 Å². The Morgan fingerprint density at radius 3 is 2.21 bits per heavy atom. The lowest BCUT2D eigenvalue weighted by Crippen LogP contribution is -2.39. The van der Waals surface area contributed by atoms with Crippen LogP contribution in [0.15, 0.2) is 71.5 Å². The number of fused-ring (bicyclic) bond motifs is 3. The molecule has 4 aromatic rings. The van der Waals surface area contributed by atoms with Gasteiger partial charge in [0.05, 0.1) is 12.9 Å². The van der Waals surface area contributed by atoms with E-state index in [0.717, 1.165) is 25.3 Å². The second-order valence-corrected chi connectivity index (χ2v) is 14.2. The van der Waals surface area contributed by atoms with Crippen LogP contribution in [0.1, 0.15) is 47.0 Å². The van der Waals surface area contributed by atoms with E-state index < -0.39 is 7.21 Å². The van der Waals surface area contributed by atoms with E-state index in [2.05, 4.69) is 79.4 Å². The van der Waals surface area contributed by atoms with Crippen LogP contribution in [0.25, 0.3) is 21.8 Å². The number of aromatic nitrogens is 1. The van der Waals surface area contributed by atoms with Gasteiger partial charge in [-0.15, -0.1) is 0 Å². The molecule has 34 heavy (non-hydrogen) atoms. The maximum Gasteiger partial charge on any atom is 0.123 e. The molecule has 1 fully saturated rings. The topological polar surface area (TPSA) is 20.5 Å². The first kappa shape index (κ1) is 23.3. The molecule has 178 valence electrons. The van der Waals surface area contributed by atoms with Crippen LogP contribution in [0, 0.1) is 5.82 Å². The molecule has 1 atom stereocenters. The average molecular weight is 476 g/mol. The number of piperidine rings is 1. The number of hydrogen-bond donors (Lipinski definition) is 0. The molecule has 1 aliphatic rings. The van der Waals surface area contributed by atoms with Crippen molar-refractivity contribution in [2.24, 2.45) is 4.74 Å². The second-order valence-electron chi connectivity index (χ2n) is 10.3. The molecule has 1 aliphatic heterocycles. The summed E-state index contributed by atoms with van der Waals surface area (Å²) in [5, 5.41) is 3.84. The highest BCUT2D eigenvalue weighted by molar-refractivity contribution is 7.73. The van der Waals surface area contributed by atoms with Crippen LogP contribution in [0.2, 0.25) is 0 Å². The summed E-state index contributed by atoms with van der Waals surface area (Å²) in [5.41, 5.74) is 3.43. The van der Waals surface area contributed by atoms with Crippen LogP contribution in [-0.2, 0) is 6.54 Å². The van der Waals surface area contributed by atoms with Gasteiger partial charge < -0.3 is 4.57 Å². The summed E-state index contributed by atoms with van der Waals surface area (Å²) in [4.78, 5) is 0. The Morgan fingerprint density at radius 1 is 0.853 bits per heavy atom. The molecule has 5 heteroatoms. The molecule has 0 N–H and O–H groups in total. The number of benzene rings is 3. The van der Waals surface area contributed by atoms with E-state index in [-0.39, 0.29) is 11.0 Å². The Balaban J connectivity index is 1.84. The first-order valence-electron chi connectivity index (χ1n) is 12.5. The second kappa shape index (κ2) is 8.98. The Hall–Kier alpha value is -2.42. The standard InChI is InChI=1S/C29H35FN3P/c1-5-33-27-12-8-7-11-25(27)26-21-24(17-18-28(26)33)34(29(2,3)4,32-19-9-6-10-20-32)31-23-15-13-22(30)14-16-23/h7-8,11-18,21H,5-6,9-10,19-20H2,1-4H3/t34-/m0/s1. The van der Waals surface area contributed by atoms with E-state index >= 15 is 0 Å². The Kier molecular flexibility index (Phi) is 6.16. The lowest BCUT2D eigenvalue weighted by atomic mass is 10.1. The number of nitrogens with zero attached hydrogens (tertiary/aromatic N) is 3. The van der Waals surface area contributed by atoms with Crippen molar-refractivity contribution in [3.63, 3.8) is 0 Å². The Bertz CT molecular complexity index is 1370. The normalized spacial score (nSPS) is 17.2. The van der Waals surface area contributed by atoms with Gasteiger partial charge in [-0.2, -0.15) is 0 Å². The predicted octanol–water partition coefficient (Wildman–Crippen LogP) is 8.31. The van der Waals surface area contributed by atoms with Gasteiger partial charge in [0.1, 0.15) is 5.82 Å². The summed E-state index contributed by atoms with van der Waals surface area (Å²) in [6.07, 6.45) is 3.68. The van der Waals surface area contributed by atoms with Gasteiger partial charge in [0, 0.05) is 51.9 Å². The molecule has 3 nitrogen and oxygen atoms in total. The number of rotatable bonds is 4. The highest BCUT2D eigenvalue weighted by Crippen LogP contribution is 2.64. The van der Waals surface area contributed by atoms with Crippen molar-refractivity contribution in [2.45, 2.75) is 58.7 Å². The molecule has 0 aliphatic carbocycles. The van der Waals surface area contributed by atoms with Gasteiger partial charge >= 0.3 is 0 Å². The number of halogens is 1. The number of hydrogen-bond acceptors (Lipinski definition) is 1. The molecule has 0 unspecified atom stereocenters. The molecule has 0 radical (unpaired) electrons. The van der Waals surface area contributed by atoms with Crippen LogP contribution in [0.4, 0.5) is 10.1 Å². The van der Waals surface area contributed by atoms with E-state index in [4.69, 9.17) is 4.74 Å². The van der Waals surface area contributed by atoms with E-state index in [9.17, 15) is 4.39 Å². The van der Waals surface area contributed by atoms with Gasteiger partial charge in [-0.3, -0.25) is 4.67 Å². The zero-order valence-corrected chi connectivity index (χ0v) is 21.7. The molecule has 1 aromatic heterocycles. The fourth-order valence-electron chi connectivity index (χ4n) is 5.66. The molecular formula is C29H35FN3P. The van der Waals surface area contributed by atoms with E-state index in [1.54, 1.807) is 0 Å². The molecular weight excluding hydrogens is 440 g/mol. The average Bonchev–Trinajstić information content (AvgIpc) is 3.16. The van der Waals surface area contributed by atoms with Gasteiger partial charge in [-0.05, 0) is 68.3 Å². The van der Waals surface area contributed by atoms with Crippen molar-refractivity contribution in [2.75, 3.05) is 13.1 Å². The number of para-hydroxylation sites is 1. The van der Waals surface area contributed by atoms with Gasteiger partial charge in [0.15, 0.2) is 0 Å². The minimum Gasteiger partial charge on any atom is -0.341 e. The summed E-state index contributed by atoms with van der Waals surface area (Å²) in [6.45, 7) is 12.3. The third kappa shape index (κ3) is 3.82. The van der Waals surface area contributed by atoms with Crippen LogP contribution >= 0.6 is 7.21 Å². The molecule has 0 amide bonds. The monoisotopic (exact) mass is 475 g/mol. The van der Waals surface area contributed by atoms with Crippen molar-refractivity contribution in [3.8, 4) is 0 Å². The van der Waals surface area contributed by atoms with Gasteiger partial charge in [-0.25, -0.2) is 9.14 Å². The molecule has 0 bridgehead atoms. The lowest BCUT2D eigenvalue weighted by molar-refractivity contribution is 0.361. The van der Waals surface area contributed by atoms with Gasteiger partial charge in [0.2, 0.25) is 0 Å². The molecule has 1 saturated heterocycles. The van der Waals surface area contributed by atoms with Gasteiger partial charge in [0.25, 0.3) is 0 Å². The quantitative estimate of drug-likeness (QED) is 0.272. The molecule has 0 spiro atoms. The summed E-state index contributed by atoms with van der Waals surface area (Å²) in [5.74, 6) is -0.217. The summed E-state index contributed by atoms with van der Waals surface area (Å²) >= 11 is 0. The van der Waals surface area contributed by atoms with Crippen LogP contribution in [0.5, 0.6) is 0 Å².